The van der Waals surface area contributed by atoms with E-state index in [0.717, 1.165) is 13.8 Å². The molecule has 0 unspecified atom stereocenters. The minimum atomic E-state index is -1.36. The normalized spacial score (nSPS) is 26.9. The maximum atomic E-state index is 12.6. The number of rotatable bonds is 4. The number of carbonyl (C=O) groups excluding carboxylic acids is 4. The van der Waals surface area contributed by atoms with Gasteiger partial charge in [-0.1, -0.05) is 0 Å². The summed E-state index contributed by atoms with van der Waals surface area (Å²) in [5.41, 5.74) is -0.697. The van der Waals surface area contributed by atoms with E-state index in [4.69, 9.17) is 18.9 Å². The van der Waals surface area contributed by atoms with Gasteiger partial charge in [0.1, 0.15) is 12.4 Å². The highest BCUT2D eigenvalue weighted by Crippen LogP contribution is 2.40. The molecule has 2 saturated heterocycles. The third-order valence-corrected chi connectivity index (χ3v) is 4.61. The summed E-state index contributed by atoms with van der Waals surface area (Å²) < 4.78 is 22.7. The molecule has 0 aromatic carbocycles. The molecule has 0 radical (unpaired) electrons. The number of fused-ring (bicyclic) bond motifs is 2. The van der Waals surface area contributed by atoms with Crippen molar-refractivity contribution in [2.75, 3.05) is 5.32 Å². The van der Waals surface area contributed by atoms with E-state index in [1.165, 1.54) is 17.8 Å². The lowest BCUT2D eigenvalue weighted by Crippen LogP contribution is -2.36. The molecule has 0 aliphatic carbocycles. The van der Waals surface area contributed by atoms with Crippen LogP contribution in [0, 0.1) is 0 Å². The third-order valence-electron chi connectivity index (χ3n) is 4.61. The Morgan fingerprint density at radius 2 is 1.84 bits per heavy atom. The van der Waals surface area contributed by atoms with Crippen molar-refractivity contribution in [3.05, 3.63) is 16.7 Å². The molecule has 1 amide bonds. The molecule has 0 spiro atoms. The number of hydrogen-bond donors (Lipinski definition) is 2. The second kappa shape index (κ2) is 7.46. The monoisotopic (exact) mass is 435 g/mol. The molecule has 2 aliphatic rings. The largest absolute Gasteiger partial charge is 0.454 e. The van der Waals surface area contributed by atoms with Crippen molar-refractivity contribution in [3.63, 3.8) is 0 Å². The Bertz CT molecular complexity index is 1150. The van der Waals surface area contributed by atoms with Gasteiger partial charge in [0.15, 0.2) is 29.6 Å². The van der Waals surface area contributed by atoms with Crippen LogP contribution in [-0.4, -0.2) is 67.7 Å². The van der Waals surface area contributed by atoms with Gasteiger partial charge in [0, 0.05) is 20.8 Å². The molecule has 14 nitrogen and oxygen atoms in total. The lowest BCUT2D eigenvalue weighted by molar-refractivity contribution is -0.174. The van der Waals surface area contributed by atoms with E-state index in [-0.39, 0.29) is 17.1 Å². The zero-order chi connectivity index (χ0) is 22.4. The molecule has 4 rings (SSSR count). The van der Waals surface area contributed by atoms with Crippen LogP contribution >= 0.6 is 0 Å². The number of imidazole rings is 1. The Balaban J connectivity index is 1.74. The number of amides is 1. The summed E-state index contributed by atoms with van der Waals surface area (Å²) in [5.74, 6) is -2.79. The first-order valence-electron chi connectivity index (χ1n) is 9.10. The second-order valence-corrected chi connectivity index (χ2v) is 6.92. The summed E-state index contributed by atoms with van der Waals surface area (Å²) in [6, 6.07) is 0. The Kier molecular flexibility index (Phi) is 4.93. The molecule has 2 aromatic rings. The Hall–Kier alpha value is -3.81. The van der Waals surface area contributed by atoms with E-state index in [0.29, 0.717) is 0 Å². The standard InChI is InChI=1S/C17H17N5O9/c1-5(23)19-17-20-13-8(14(26)21-17)22(4-18-13)15-11(28-6(2)24)9-10(30-15)12(16(27)31-9)29-7(3)25/h4,9-12,15H,1-3H3,(H2,19,20,21,23,26)/t9-,10+,11-,12+,15-/m0/s1. The minimum absolute atomic E-state index is 0.0109. The zero-order valence-corrected chi connectivity index (χ0v) is 16.5. The topological polar surface area (TPSA) is 181 Å². The van der Waals surface area contributed by atoms with Crippen LogP contribution in [0.5, 0.6) is 0 Å². The van der Waals surface area contributed by atoms with Crippen molar-refractivity contribution >= 4 is 40.9 Å². The van der Waals surface area contributed by atoms with Crippen molar-refractivity contribution in [1.82, 2.24) is 19.5 Å². The summed E-state index contributed by atoms with van der Waals surface area (Å²) in [5, 5.41) is 2.35. The van der Waals surface area contributed by atoms with Gasteiger partial charge in [-0.25, -0.2) is 9.78 Å². The van der Waals surface area contributed by atoms with Crippen molar-refractivity contribution < 1.29 is 38.1 Å². The summed E-state index contributed by atoms with van der Waals surface area (Å²) in [6.07, 6.45) is -4.57. The highest BCUT2D eigenvalue weighted by molar-refractivity contribution is 5.87. The maximum Gasteiger partial charge on any atom is 0.350 e. The van der Waals surface area contributed by atoms with E-state index in [2.05, 4.69) is 20.3 Å². The van der Waals surface area contributed by atoms with E-state index in [9.17, 15) is 24.0 Å². The van der Waals surface area contributed by atoms with E-state index in [1.54, 1.807) is 0 Å². The summed E-state index contributed by atoms with van der Waals surface area (Å²) in [7, 11) is 0. The van der Waals surface area contributed by atoms with E-state index < -0.39 is 60.0 Å². The second-order valence-electron chi connectivity index (χ2n) is 6.92. The summed E-state index contributed by atoms with van der Waals surface area (Å²) in [6.45, 7) is 3.53. The summed E-state index contributed by atoms with van der Waals surface area (Å²) in [4.78, 5) is 69.5. The van der Waals surface area contributed by atoms with Gasteiger partial charge in [-0.15, -0.1) is 0 Å². The molecule has 4 heterocycles. The lowest BCUT2D eigenvalue weighted by Gasteiger charge is -2.22. The molecule has 0 saturated carbocycles. The van der Waals surface area contributed by atoms with Gasteiger partial charge in [0.25, 0.3) is 5.56 Å². The van der Waals surface area contributed by atoms with Crippen LogP contribution < -0.4 is 10.9 Å². The fourth-order valence-electron chi connectivity index (χ4n) is 3.58. The molecule has 31 heavy (non-hydrogen) atoms. The molecular formula is C17H17N5O9. The number of carbonyl (C=O) groups is 4. The molecule has 2 N–H and O–H groups in total. The van der Waals surface area contributed by atoms with Gasteiger partial charge in [-0.3, -0.25) is 34.0 Å². The van der Waals surface area contributed by atoms with Gasteiger partial charge in [0.05, 0.1) is 0 Å². The van der Waals surface area contributed by atoms with Crippen molar-refractivity contribution in [1.29, 1.82) is 0 Å². The van der Waals surface area contributed by atoms with E-state index in [1.807, 2.05) is 0 Å². The Morgan fingerprint density at radius 1 is 1.13 bits per heavy atom. The van der Waals surface area contributed by atoms with Gasteiger partial charge in [0.2, 0.25) is 18.0 Å². The number of hydrogen-bond acceptors (Lipinski definition) is 11. The molecule has 2 aromatic heterocycles. The first-order valence-corrected chi connectivity index (χ1v) is 9.10. The van der Waals surface area contributed by atoms with Crippen molar-refractivity contribution in [3.8, 4) is 0 Å². The van der Waals surface area contributed by atoms with Crippen LogP contribution in [0.15, 0.2) is 11.1 Å². The van der Waals surface area contributed by atoms with Gasteiger partial charge in [-0.05, 0) is 0 Å². The van der Waals surface area contributed by atoms with Crippen LogP contribution in [0.2, 0.25) is 0 Å². The van der Waals surface area contributed by atoms with E-state index >= 15 is 0 Å². The maximum absolute atomic E-state index is 12.6. The van der Waals surface area contributed by atoms with Crippen LogP contribution in [0.1, 0.15) is 27.0 Å². The number of aromatic nitrogens is 4. The average Bonchev–Trinajstić information content (AvgIpc) is 3.29. The Labute approximate surface area is 172 Å². The number of H-pyrrole nitrogens is 1. The number of ether oxygens (including phenoxy) is 4. The molecule has 14 heteroatoms. The van der Waals surface area contributed by atoms with Crippen molar-refractivity contribution in [2.45, 2.75) is 51.4 Å². The quantitative estimate of drug-likeness (QED) is 0.433. The SMILES string of the molecule is CC(=O)Nc1nc2ncn([C@H]3O[C@@H]4[C@H](OC(=O)[C@@H]4OC(C)=O)[C@@H]3OC(C)=O)c2c(=O)[nH]1. The number of aromatic amines is 1. The zero-order valence-electron chi connectivity index (χ0n) is 16.5. The minimum Gasteiger partial charge on any atom is -0.454 e. The number of anilines is 1. The first kappa shape index (κ1) is 20.5. The number of nitrogens with zero attached hydrogens (tertiary/aromatic N) is 3. The van der Waals surface area contributed by atoms with Crippen molar-refractivity contribution in [2.24, 2.45) is 0 Å². The number of nitrogens with one attached hydrogen (secondary N) is 2. The predicted octanol–water partition coefficient (Wildman–Crippen LogP) is -1.24. The van der Waals surface area contributed by atoms with Gasteiger partial charge in [-0.2, -0.15) is 4.98 Å². The first-order chi connectivity index (χ1) is 14.7. The third kappa shape index (κ3) is 3.61. The molecule has 2 aliphatic heterocycles. The lowest BCUT2D eigenvalue weighted by atomic mass is 10.1. The summed E-state index contributed by atoms with van der Waals surface area (Å²) >= 11 is 0. The molecular weight excluding hydrogens is 418 g/mol. The van der Waals surface area contributed by atoms with Crippen LogP contribution in [0.3, 0.4) is 0 Å². The van der Waals surface area contributed by atoms with Crippen LogP contribution in [-0.2, 0) is 38.1 Å². The molecule has 5 atom stereocenters. The molecule has 0 bridgehead atoms. The Morgan fingerprint density at radius 3 is 2.48 bits per heavy atom. The average molecular weight is 435 g/mol. The highest BCUT2D eigenvalue weighted by Gasteiger charge is 2.61. The smallest absolute Gasteiger partial charge is 0.350 e. The fraction of sp³-hybridized carbons (Fsp3) is 0.471. The number of esters is 3. The highest BCUT2D eigenvalue weighted by atomic mass is 16.7. The van der Waals surface area contributed by atoms with Crippen LogP contribution in [0.4, 0.5) is 5.95 Å². The fourth-order valence-corrected chi connectivity index (χ4v) is 3.58. The predicted molar refractivity (Wildman–Crippen MR) is 97.4 cm³/mol. The molecule has 2 fully saturated rings. The van der Waals surface area contributed by atoms with Crippen LogP contribution in [0.25, 0.3) is 11.2 Å². The van der Waals surface area contributed by atoms with Gasteiger partial charge >= 0.3 is 17.9 Å². The molecule has 164 valence electrons. The van der Waals surface area contributed by atoms with Gasteiger partial charge < -0.3 is 18.9 Å².